The molecule has 0 bridgehead atoms. The molecular weight excluding hydrogens is 222 g/mol. The van der Waals surface area contributed by atoms with E-state index in [-0.39, 0.29) is 6.04 Å². The Balaban J connectivity index is 1.90. The van der Waals surface area contributed by atoms with Crippen molar-refractivity contribution >= 4 is 0 Å². The van der Waals surface area contributed by atoms with Crippen LogP contribution < -0.4 is 10.5 Å². The van der Waals surface area contributed by atoms with Gasteiger partial charge in [0, 0.05) is 11.6 Å². The molecule has 2 aliphatic carbocycles. The summed E-state index contributed by atoms with van der Waals surface area (Å²) in [5.41, 5.74) is 10.2. The molecule has 0 radical (unpaired) electrons. The second-order valence-corrected chi connectivity index (χ2v) is 5.99. The molecule has 0 aliphatic heterocycles. The normalized spacial score (nSPS) is 31.0. The highest BCUT2D eigenvalue weighted by molar-refractivity contribution is 5.47. The smallest absolute Gasteiger partial charge is 0.126 e. The monoisotopic (exact) mass is 245 g/mol. The van der Waals surface area contributed by atoms with E-state index in [2.05, 4.69) is 26.0 Å². The van der Waals surface area contributed by atoms with E-state index in [9.17, 15) is 0 Å². The number of nitrogens with two attached hydrogens (primary N) is 1. The molecule has 2 N–H and O–H groups in total. The van der Waals surface area contributed by atoms with E-state index in [0.717, 1.165) is 17.6 Å². The highest BCUT2D eigenvalue weighted by Crippen LogP contribution is 2.62. The third-order valence-electron chi connectivity index (χ3n) is 5.16. The Morgan fingerprint density at radius 3 is 2.50 bits per heavy atom. The molecule has 0 amide bonds. The maximum Gasteiger partial charge on any atom is 0.126 e. The first-order valence-corrected chi connectivity index (χ1v) is 7.04. The Hall–Kier alpha value is -1.02. The van der Waals surface area contributed by atoms with Crippen molar-refractivity contribution in [3.05, 3.63) is 28.8 Å². The number of rotatable bonds is 3. The van der Waals surface area contributed by atoms with E-state index in [1.165, 1.54) is 36.0 Å². The van der Waals surface area contributed by atoms with Crippen LogP contribution in [0.4, 0.5) is 0 Å². The molecule has 2 heteroatoms. The zero-order chi connectivity index (χ0) is 12.9. The van der Waals surface area contributed by atoms with Gasteiger partial charge in [-0.1, -0.05) is 18.6 Å². The first-order chi connectivity index (χ1) is 8.65. The second-order valence-electron chi connectivity index (χ2n) is 5.99. The van der Waals surface area contributed by atoms with Crippen molar-refractivity contribution < 1.29 is 4.74 Å². The molecule has 0 heterocycles. The average Bonchev–Trinajstić information content (AvgIpc) is 2.84. The standard InChI is InChI=1S/C16H23NO/c1-9-7-8-13(16(18-3)10(9)2)15(17)14-11-5-4-6-12(11)14/h7-8,11-12,14-15H,4-6,17H2,1-3H3. The summed E-state index contributed by atoms with van der Waals surface area (Å²) >= 11 is 0. The molecule has 2 fully saturated rings. The molecule has 3 rings (SSSR count). The largest absolute Gasteiger partial charge is 0.496 e. The van der Waals surface area contributed by atoms with E-state index < -0.39 is 0 Å². The topological polar surface area (TPSA) is 35.2 Å². The van der Waals surface area contributed by atoms with Crippen LogP contribution in [0.2, 0.25) is 0 Å². The molecule has 0 spiro atoms. The molecule has 0 saturated heterocycles. The van der Waals surface area contributed by atoms with Crippen molar-refractivity contribution in [2.45, 2.75) is 39.2 Å². The van der Waals surface area contributed by atoms with Gasteiger partial charge in [0.25, 0.3) is 0 Å². The van der Waals surface area contributed by atoms with Crippen molar-refractivity contribution in [2.24, 2.45) is 23.5 Å². The lowest BCUT2D eigenvalue weighted by molar-refractivity contribution is 0.394. The van der Waals surface area contributed by atoms with Crippen molar-refractivity contribution in [3.63, 3.8) is 0 Å². The van der Waals surface area contributed by atoms with Crippen LogP contribution >= 0.6 is 0 Å². The van der Waals surface area contributed by atoms with Crippen molar-refractivity contribution in [3.8, 4) is 5.75 Å². The number of methoxy groups -OCH3 is 1. The lowest BCUT2D eigenvalue weighted by Crippen LogP contribution is -2.17. The molecule has 0 aromatic heterocycles. The molecular formula is C16H23NO. The SMILES string of the molecule is COc1c(C(N)C2C3CCCC32)ccc(C)c1C. The molecule has 18 heavy (non-hydrogen) atoms. The van der Waals surface area contributed by atoms with E-state index in [1.54, 1.807) is 7.11 Å². The van der Waals surface area contributed by atoms with Crippen molar-refractivity contribution in [1.82, 2.24) is 0 Å². The minimum absolute atomic E-state index is 0.162. The fraction of sp³-hybridized carbons (Fsp3) is 0.625. The first-order valence-electron chi connectivity index (χ1n) is 7.04. The zero-order valence-electron chi connectivity index (χ0n) is 11.6. The number of benzene rings is 1. The van der Waals surface area contributed by atoms with E-state index in [1.807, 2.05) is 0 Å². The molecule has 3 atom stereocenters. The van der Waals surface area contributed by atoms with Gasteiger partial charge in [0.1, 0.15) is 5.75 Å². The summed E-state index contributed by atoms with van der Waals surface area (Å²) in [5.74, 6) is 3.50. The molecule has 2 saturated carbocycles. The van der Waals surface area contributed by atoms with Gasteiger partial charge in [-0.15, -0.1) is 0 Å². The van der Waals surface area contributed by atoms with Gasteiger partial charge in [0.05, 0.1) is 7.11 Å². The summed E-state index contributed by atoms with van der Waals surface area (Å²) in [4.78, 5) is 0. The van der Waals surface area contributed by atoms with Gasteiger partial charge in [0.15, 0.2) is 0 Å². The Kier molecular flexibility index (Phi) is 2.86. The lowest BCUT2D eigenvalue weighted by atomic mass is 9.94. The minimum Gasteiger partial charge on any atom is -0.496 e. The van der Waals surface area contributed by atoms with Gasteiger partial charge < -0.3 is 10.5 Å². The fourth-order valence-electron chi connectivity index (χ4n) is 3.96. The molecule has 2 nitrogen and oxygen atoms in total. The third kappa shape index (κ3) is 1.66. The van der Waals surface area contributed by atoms with Gasteiger partial charge in [-0.05, 0) is 55.6 Å². The van der Waals surface area contributed by atoms with Gasteiger partial charge in [-0.3, -0.25) is 0 Å². The van der Waals surface area contributed by atoms with Crippen LogP contribution in [0.1, 0.15) is 42.0 Å². The number of fused-ring (bicyclic) bond motifs is 1. The third-order valence-corrected chi connectivity index (χ3v) is 5.16. The Morgan fingerprint density at radius 2 is 1.89 bits per heavy atom. The zero-order valence-corrected chi connectivity index (χ0v) is 11.6. The predicted octanol–water partition coefficient (Wildman–Crippen LogP) is 3.36. The highest BCUT2D eigenvalue weighted by Gasteiger charge is 2.55. The van der Waals surface area contributed by atoms with Crippen LogP contribution in [0.5, 0.6) is 5.75 Å². The van der Waals surface area contributed by atoms with Crippen LogP contribution in [0.15, 0.2) is 12.1 Å². The van der Waals surface area contributed by atoms with Crippen LogP contribution in [-0.4, -0.2) is 7.11 Å². The van der Waals surface area contributed by atoms with Gasteiger partial charge in [-0.2, -0.15) is 0 Å². The molecule has 2 aliphatic rings. The molecule has 3 unspecified atom stereocenters. The van der Waals surface area contributed by atoms with Gasteiger partial charge >= 0.3 is 0 Å². The molecule has 98 valence electrons. The summed E-state index contributed by atoms with van der Waals surface area (Å²) in [7, 11) is 1.76. The summed E-state index contributed by atoms with van der Waals surface area (Å²) in [6.07, 6.45) is 4.18. The van der Waals surface area contributed by atoms with Gasteiger partial charge in [-0.25, -0.2) is 0 Å². The van der Waals surface area contributed by atoms with Crippen molar-refractivity contribution in [2.75, 3.05) is 7.11 Å². The number of ether oxygens (including phenoxy) is 1. The van der Waals surface area contributed by atoms with E-state index in [4.69, 9.17) is 10.5 Å². The second kappa shape index (κ2) is 4.27. The maximum atomic E-state index is 6.51. The summed E-state index contributed by atoms with van der Waals surface area (Å²) in [6.45, 7) is 4.25. The quantitative estimate of drug-likeness (QED) is 0.886. The number of hydrogen-bond donors (Lipinski definition) is 1. The van der Waals surface area contributed by atoms with Crippen LogP contribution in [0, 0.1) is 31.6 Å². The first kappa shape index (κ1) is 12.0. The number of aryl methyl sites for hydroxylation is 1. The summed E-state index contributed by atoms with van der Waals surface area (Å²) < 4.78 is 5.60. The van der Waals surface area contributed by atoms with Gasteiger partial charge in [0.2, 0.25) is 0 Å². The Labute approximate surface area is 110 Å². The predicted molar refractivity (Wildman–Crippen MR) is 73.7 cm³/mol. The summed E-state index contributed by atoms with van der Waals surface area (Å²) in [6, 6.07) is 4.50. The Morgan fingerprint density at radius 1 is 1.22 bits per heavy atom. The van der Waals surface area contributed by atoms with E-state index in [0.29, 0.717) is 5.92 Å². The highest BCUT2D eigenvalue weighted by atomic mass is 16.5. The maximum absolute atomic E-state index is 6.51. The van der Waals surface area contributed by atoms with Crippen LogP contribution in [0.25, 0.3) is 0 Å². The summed E-state index contributed by atoms with van der Waals surface area (Å²) in [5, 5.41) is 0. The van der Waals surface area contributed by atoms with Crippen LogP contribution in [-0.2, 0) is 0 Å². The van der Waals surface area contributed by atoms with E-state index >= 15 is 0 Å². The minimum atomic E-state index is 0.162. The molecule has 1 aromatic rings. The van der Waals surface area contributed by atoms with Crippen LogP contribution in [0.3, 0.4) is 0 Å². The van der Waals surface area contributed by atoms with Crippen molar-refractivity contribution in [1.29, 1.82) is 0 Å². The average molecular weight is 245 g/mol. The Bertz CT molecular complexity index is 458. The fourth-order valence-corrected chi connectivity index (χ4v) is 3.96. The lowest BCUT2D eigenvalue weighted by Gasteiger charge is -2.20. The number of hydrogen-bond acceptors (Lipinski definition) is 2. The molecule has 1 aromatic carbocycles.